The third kappa shape index (κ3) is 6.63. The van der Waals surface area contributed by atoms with Crippen molar-refractivity contribution < 1.29 is 9.53 Å². The van der Waals surface area contributed by atoms with Gasteiger partial charge < -0.3 is 15.8 Å². The van der Waals surface area contributed by atoms with Crippen LogP contribution in [0.1, 0.15) is 57.4 Å². The van der Waals surface area contributed by atoms with Crippen LogP contribution in [0, 0.1) is 0 Å². The number of hydrogen-bond donors (Lipinski definition) is 2. The molecule has 3 N–H and O–H groups in total. The molecule has 0 fully saturated rings. The number of rotatable bonds is 10. The molecule has 0 atom stereocenters. The molecule has 0 aromatic heterocycles. The van der Waals surface area contributed by atoms with Gasteiger partial charge in [-0.3, -0.25) is 4.79 Å². The summed E-state index contributed by atoms with van der Waals surface area (Å²) in [5, 5.41) is 2.91. The second-order valence-corrected chi connectivity index (χ2v) is 5.30. The summed E-state index contributed by atoms with van der Waals surface area (Å²) in [4.78, 5) is 11.9. The molecule has 0 spiro atoms. The molecule has 0 saturated carbocycles. The Balaban J connectivity index is 2.37. The van der Waals surface area contributed by atoms with E-state index in [1.54, 1.807) is 7.11 Å². The Morgan fingerprint density at radius 1 is 1.19 bits per heavy atom. The fourth-order valence-corrected chi connectivity index (χ4v) is 2.24. The summed E-state index contributed by atoms with van der Waals surface area (Å²) < 4.78 is 5.29. The molecule has 0 aliphatic heterocycles. The maximum absolute atomic E-state index is 11.9. The van der Waals surface area contributed by atoms with Gasteiger partial charge in [0.1, 0.15) is 5.75 Å². The number of anilines is 1. The molecular formula is C17H28N2O2. The Kier molecular flexibility index (Phi) is 8.51. The predicted molar refractivity (Wildman–Crippen MR) is 87.5 cm³/mol. The number of nitrogens with one attached hydrogen (secondary N) is 1. The Morgan fingerprint density at radius 3 is 2.57 bits per heavy atom. The average Bonchev–Trinajstić information content (AvgIpc) is 2.51. The zero-order chi connectivity index (χ0) is 15.5. The van der Waals surface area contributed by atoms with E-state index in [-0.39, 0.29) is 5.91 Å². The Bertz CT molecular complexity index is 433. The summed E-state index contributed by atoms with van der Waals surface area (Å²) in [5.41, 5.74) is 7.30. The van der Waals surface area contributed by atoms with Gasteiger partial charge in [0.25, 0.3) is 0 Å². The van der Waals surface area contributed by atoms with Crippen molar-refractivity contribution in [1.82, 2.24) is 0 Å². The predicted octanol–water partition coefficient (Wildman–Crippen LogP) is 3.84. The summed E-state index contributed by atoms with van der Waals surface area (Å²) in [6, 6.07) is 5.61. The minimum Gasteiger partial charge on any atom is -0.495 e. The molecule has 0 aliphatic carbocycles. The molecule has 0 aliphatic rings. The van der Waals surface area contributed by atoms with Crippen LogP contribution in [0.5, 0.6) is 5.75 Å². The fraction of sp³-hybridized carbons (Fsp3) is 0.588. The van der Waals surface area contributed by atoms with Gasteiger partial charge in [-0.25, -0.2) is 0 Å². The van der Waals surface area contributed by atoms with Crippen LogP contribution in [0.2, 0.25) is 0 Å². The van der Waals surface area contributed by atoms with Gasteiger partial charge in [0.2, 0.25) is 5.91 Å². The van der Waals surface area contributed by atoms with Gasteiger partial charge in [-0.2, -0.15) is 0 Å². The van der Waals surface area contributed by atoms with Gasteiger partial charge in [0, 0.05) is 13.0 Å². The fourth-order valence-electron chi connectivity index (χ4n) is 2.24. The van der Waals surface area contributed by atoms with Crippen molar-refractivity contribution in [1.29, 1.82) is 0 Å². The van der Waals surface area contributed by atoms with Crippen LogP contribution in [0.25, 0.3) is 0 Å². The molecular weight excluding hydrogens is 264 g/mol. The van der Waals surface area contributed by atoms with E-state index >= 15 is 0 Å². The second-order valence-electron chi connectivity index (χ2n) is 5.30. The van der Waals surface area contributed by atoms with E-state index in [9.17, 15) is 4.79 Å². The molecule has 4 heteroatoms. The zero-order valence-corrected chi connectivity index (χ0v) is 13.3. The van der Waals surface area contributed by atoms with Crippen LogP contribution in [0.15, 0.2) is 18.2 Å². The third-order valence-corrected chi connectivity index (χ3v) is 3.53. The SMILES string of the molecule is CCCCCCCCC(=O)Nc1ccc(CN)cc1OC. The van der Waals surface area contributed by atoms with Crippen molar-refractivity contribution in [2.45, 2.75) is 58.4 Å². The van der Waals surface area contributed by atoms with Crippen molar-refractivity contribution >= 4 is 11.6 Å². The summed E-state index contributed by atoms with van der Waals surface area (Å²) in [7, 11) is 1.60. The van der Waals surface area contributed by atoms with Gasteiger partial charge in [0.15, 0.2) is 0 Å². The van der Waals surface area contributed by atoms with Crippen molar-refractivity contribution in [3.05, 3.63) is 23.8 Å². The number of carbonyl (C=O) groups excluding carboxylic acids is 1. The lowest BCUT2D eigenvalue weighted by Crippen LogP contribution is -2.12. The van der Waals surface area contributed by atoms with E-state index in [1.165, 1.54) is 25.7 Å². The topological polar surface area (TPSA) is 64.4 Å². The third-order valence-electron chi connectivity index (χ3n) is 3.53. The van der Waals surface area contributed by atoms with E-state index in [4.69, 9.17) is 10.5 Å². The minimum atomic E-state index is 0.0456. The minimum absolute atomic E-state index is 0.0456. The average molecular weight is 292 g/mol. The molecule has 0 heterocycles. The molecule has 4 nitrogen and oxygen atoms in total. The maximum Gasteiger partial charge on any atom is 0.224 e. The van der Waals surface area contributed by atoms with E-state index in [0.717, 1.165) is 18.4 Å². The first-order valence-corrected chi connectivity index (χ1v) is 7.88. The number of amides is 1. The van der Waals surface area contributed by atoms with Crippen LogP contribution in [-0.4, -0.2) is 13.0 Å². The quantitative estimate of drug-likeness (QED) is 0.644. The van der Waals surface area contributed by atoms with Crippen LogP contribution >= 0.6 is 0 Å². The van der Waals surface area contributed by atoms with Crippen LogP contribution in [0.4, 0.5) is 5.69 Å². The molecule has 21 heavy (non-hydrogen) atoms. The summed E-state index contributed by atoms with van der Waals surface area (Å²) in [5.74, 6) is 0.707. The number of carbonyl (C=O) groups is 1. The molecule has 1 rings (SSSR count). The van der Waals surface area contributed by atoms with E-state index in [0.29, 0.717) is 24.4 Å². The monoisotopic (exact) mass is 292 g/mol. The zero-order valence-electron chi connectivity index (χ0n) is 13.3. The normalized spacial score (nSPS) is 10.4. The standard InChI is InChI=1S/C17H28N2O2/c1-3-4-5-6-7-8-9-17(20)19-15-11-10-14(13-18)12-16(15)21-2/h10-12H,3-9,13,18H2,1-2H3,(H,19,20). The molecule has 0 bridgehead atoms. The Labute approximate surface area is 128 Å². The lowest BCUT2D eigenvalue weighted by molar-refractivity contribution is -0.116. The number of methoxy groups -OCH3 is 1. The van der Waals surface area contributed by atoms with Gasteiger partial charge >= 0.3 is 0 Å². The number of nitrogens with two attached hydrogens (primary N) is 1. The molecule has 1 aromatic carbocycles. The van der Waals surface area contributed by atoms with Crippen molar-refractivity contribution in [3.8, 4) is 5.75 Å². The number of unbranched alkanes of at least 4 members (excludes halogenated alkanes) is 5. The Morgan fingerprint density at radius 2 is 1.90 bits per heavy atom. The molecule has 0 saturated heterocycles. The molecule has 1 aromatic rings. The van der Waals surface area contributed by atoms with E-state index < -0.39 is 0 Å². The van der Waals surface area contributed by atoms with Crippen molar-refractivity contribution in [2.24, 2.45) is 5.73 Å². The van der Waals surface area contributed by atoms with Gasteiger partial charge in [-0.1, -0.05) is 45.1 Å². The lowest BCUT2D eigenvalue weighted by Gasteiger charge is -2.11. The number of benzene rings is 1. The molecule has 1 amide bonds. The number of ether oxygens (including phenoxy) is 1. The van der Waals surface area contributed by atoms with Gasteiger partial charge in [-0.15, -0.1) is 0 Å². The van der Waals surface area contributed by atoms with Gasteiger partial charge in [0.05, 0.1) is 12.8 Å². The van der Waals surface area contributed by atoms with Crippen LogP contribution < -0.4 is 15.8 Å². The first-order valence-electron chi connectivity index (χ1n) is 7.88. The summed E-state index contributed by atoms with van der Waals surface area (Å²) >= 11 is 0. The second kappa shape index (κ2) is 10.2. The number of hydrogen-bond acceptors (Lipinski definition) is 3. The highest BCUT2D eigenvalue weighted by molar-refractivity contribution is 5.92. The molecule has 0 radical (unpaired) electrons. The first-order chi connectivity index (χ1) is 10.2. The molecule has 118 valence electrons. The molecule has 0 unspecified atom stereocenters. The van der Waals surface area contributed by atoms with Crippen LogP contribution in [0.3, 0.4) is 0 Å². The largest absolute Gasteiger partial charge is 0.495 e. The smallest absolute Gasteiger partial charge is 0.224 e. The van der Waals surface area contributed by atoms with E-state index in [1.807, 2.05) is 18.2 Å². The first kappa shape index (κ1) is 17.5. The highest BCUT2D eigenvalue weighted by atomic mass is 16.5. The van der Waals surface area contributed by atoms with Crippen molar-refractivity contribution in [2.75, 3.05) is 12.4 Å². The summed E-state index contributed by atoms with van der Waals surface area (Å²) in [6.45, 7) is 2.67. The van der Waals surface area contributed by atoms with Crippen molar-refractivity contribution in [3.63, 3.8) is 0 Å². The Hall–Kier alpha value is -1.55. The van der Waals surface area contributed by atoms with E-state index in [2.05, 4.69) is 12.2 Å². The van der Waals surface area contributed by atoms with Crippen LogP contribution in [-0.2, 0) is 11.3 Å². The van der Waals surface area contributed by atoms with Gasteiger partial charge in [-0.05, 0) is 24.1 Å². The summed E-state index contributed by atoms with van der Waals surface area (Å²) in [6.07, 6.45) is 7.65. The highest BCUT2D eigenvalue weighted by Crippen LogP contribution is 2.25. The highest BCUT2D eigenvalue weighted by Gasteiger charge is 2.08. The maximum atomic E-state index is 11.9. The lowest BCUT2D eigenvalue weighted by atomic mass is 10.1.